The van der Waals surface area contributed by atoms with Crippen molar-refractivity contribution in [3.05, 3.63) is 35.9 Å². The van der Waals surface area contributed by atoms with Crippen molar-refractivity contribution in [2.45, 2.75) is 64.8 Å². The SMILES string of the molecule is CCC(CC)C(=O)N1CCC(NC(=NC)NCC2(Cc3ccccc3)CC2)CC1.I. The predicted octanol–water partition coefficient (Wildman–Crippen LogP) is 4.22. The van der Waals surface area contributed by atoms with Gasteiger partial charge in [0.25, 0.3) is 0 Å². The number of guanidine groups is 1. The van der Waals surface area contributed by atoms with Gasteiger partial charge in [-0.1, -0.05) is 44.2 Å². The molecule has 1 aliphatic carbocycles. The van der Waals surface area contributed by atoms with Crippen LogP contribution in [0.1, 0.15) is 57.9 Å². The largest absolute Gasteiger partial charge is 0.356 e. The average Bonchev–Trinajstić information content (AvgIpc) is 3.52. The van der Waals surface area contributed by atoms with Gasteiger partial charge in [0.1, 0.15) is 0 Å². The first-order valence-corrected chi connectivity index (χ1v) is 11.4. The van der Waals surface area contributed by atoms with Crippen LogP contribution in [0.15, 0.2) is 35.3 Å². The van der Waals surface area contributed by atoms with Crippen molar-refractivity contribution in [2.24, 2.45) is 16.3 Å². The number of hydrogen-bond acceptors (Lipinski definition) is 2. The molecular weight excluding hydrogens is 487 g/mol. The smallest absolute Gasteiger partial charge is 0.225 e. The number of nitrogens with one attached hydrogen (secondary N) is 2. The first-order chi connectivity index (χ1) is 14.1. The van der Waals surface area contributed by atoms with Gasteiger partial charge in [-0.3, -0.25) is 9.79 Å². The topological polar surface area (TPSA) is 56.7 Å². The molecule has 2 fully saturated rings. The maximum atomic E-state index is 12.6. The molecule has 2 N–H and O–H groups in total. The summed E-state index contributed by atoms with van der Waals surface area (Å²) in [6.07, 6.45) is 7.55. The second-order valence-electron chi connectivity index (χ2n) is 8.85. The van der Waals surface area contributed by atoms with E-state index in [0.717, 1.165) is 57.7 Å². The minimum Gasteiger partial charge on any atom is -0.356 e. The minimum atomic E-state index is 0. The highest BCUT2D eigenvalue weighted by molar-refractivity contribution is 14.0. The number of carbonyl (C=O) groups is 1. The number of benzene rings is 1. The summed E-state index contributed by atoms with van der Waals surface area (Å²) >= 11 is 0. The van der Waals surface area contributed by atoms with Gasteiger partial charge < -0.3 is 15.5 Å². The van der Waals surface area contributed by atoms with Crippen LogP contribution in [0.2, 0.25) is 0 Å². The molecule has 0 unspecified atom stereocenters. The van der Waals surface area contributed by atoms with Crippen molar-refractivity contribution in [1.29, 1.82) is 0 Å². The molecule has 1 aliphatic heterocycles. The molecule has 1 heterocycles. The van der Waals surface area contributed by atoms with Gasteiger partial charge in [0.15, 0.2) is 5.96 Å². The third-order valence-corrected chi connectivity index (χ3v) is 6.72. The fourth-order valence-electron chi connectivity index (χ4n) is 4.42. The summed E-state index contributed by atoms with van der Waals surface area (Å²) in [6.45, 7) is 6.89. The zero-order valence-corrected chi connectivity index (χ0v) is 21.2. The zero-order valence-electron chi connectivity index (χ0n) is 18.8. The molecule has 1 saturated carbocycles. The molecule has 2 aliphatic rings. The molecule has 5 nitrogen and oxygen atoms in total. The van der Waals surface area contributed by atoms with E-state index in [1.54, 1.807) is 0 Å². The molecule has 0 radical (unpaired) electrons. The Balaban J connectivity index is 0.00000320. The first kappa shape index (κ1) is 25.0. The summed E-state index contributed by atoms with van der Waals surface area (Å²) in [6, 6.07) is 11.2. The fraction of sp³-hybridized carbons (Fsp3) is 0.667. The van der Waals surface area contributed by atoms with Crippen molar-refractivity contribution < 1.29 is 4.79 Å². The third kappa shape index (κ3) is 6.86. The number of hydrogen-bond donors (Lipinski definition) is 2. The van der Waals surface area contributed by atoms with E-state index in [4.69, 9.17) is 0 Å². The molecule has 6 heteroatoms. The molecule has 1 amide bonds. The van der Waals surface area contributed by atoms with E-state index in [2.05, 4.69) is 64.7 Å². The summed E-state index contributed by atoms with van der Waals surface area (Å²) in [5.74, 6) is 1.43. The number of piperidine rings is 1. The minimum absolute atomic E-state index is 0. The highest BCUT2D eigenvalue weighted by Gasteiger charge is 2.42. The molecule has 1 aromatic rings. The molecule has 1 saturated heterocycles. The summed E-state index contributed by atoms with van der Waals surface area (Å²) in [4.78, 5) is 19.1. The van der Waals surface area contributed by atoms with Gasteiger partial charge in [-0.15, -0.1) is 24.0 Å². The molecule has 0 spiro atoms. The van der Waals surface area contributed by atoms with Crippen LogP contribution in [-0.4, -0.2) is 49.5 Å². The first-order valence-electron chi connectivity index (χ1n) is 11.4. The van der Waals surface area contributed by atoms with Crippen LogP contribution < -0.4 is 10.6 Å². The van der Waals surface area contributed by atoms with E-state index in [1.807, 2.05) is 7.05 Å². The summed E-state index contributed by atoms with van der Waals surface area (Å²) < 4.78 is 0. The van der Waals surface area contributed by atoms with E-state index in [0.29, 0.717) is 17.4 Å². The normalized spacial score (nSPS) is 18.7. The maximum absolute atomic E-state index is 12.6. The number of amides is 1. The van der Waals surface area contributed by atoms with Crippen LogP contribution >= 0.6 is 24.0 Å². The lowest BCUT2D eigenvalue weighted by Gasteiger charge is -2.35. The van der Waals surface area contributed by atoms with E-state index in [1.165, 1.54) is 18.4 Å². The number of halogens is 1. The molecular formula is C24H39IN4O. The van der Waals surface area contributed by atoms with Gasteiger partial charge >= 0.3 is 0 Å². The van der Waals surface area contributed by atoms with Gasteiger partial charge in [-0.05, 0) is 55.9 Å². The highest BCUT2D eigenvalue weighted by atomic mass is 127. The van der Waals surface area contributed by atoms with Gasteiger partial charge in [0.2, 0.25) is 5.91 Å². The molecule has 30 heavy (non-hydrogen) atoms. The van der Waals surface area contributed by atoms with Crippen molar-refractivity contribution in [2.75, 3.05) is 26.7 Å². The Bertz CT molecular complexity index is 678. The molecule has 0 aromatic heterocycles. The summed E-state index contributed by atoms with van der Waals surface area (Å²) in [5, 5.41) is 7.16. The Kier molecular flexibility index (Phi) is 9.91. The maximum Gasteiger partial charge on any atom is 0.225 e. The van der Waals surface area contributed by atoms with Gasteiger partial charge in [0, 0.05) is 38.6 Å². The Hall–Kier alpha value is -1.31. The molecule has 168 valence electrons. The number of likely N-dealkylation sites (tertiary alicyclic amines) is 1. The summed E-state index contributed by atoms with van der Waals surface area (Å²) in [7, 11) is 1.85. The monoisotopic (exact) mass is 526 g/mol. The quantitative estimate of drug-likeness (QED) is 0.303. The van der Waals surface area contributed by atoms with Crippen LogP contribution in [0.25, 0.3) is 0 Å². The molecule has 0 atom stereocenters. The summed E-state index contributed by atoms with van der Waals surface area (Å²) in [5.41, 5.74) is 1.80. The highest BCUT2D eigenvalue weighted by Crippen LogP contribution is 2.47. The second-order valence-corrected chi connectivity index (χ2v) is 8.85. The van der Waals surface area contributed by atoms with Crippen molar-refractivity contribution in [1.82, 2.24) is 15.5 Å². The van der Waals surface area contributed by atoms with E-state index >= 15 is 0 Å². The lowest BCUT2D eigenvalue weighted by Crippen LogP contribution is -2.51. The van der Waals surface area contributed by atoms with Crippen molar-refractivity contribution in [3.63, 3.8) is 0 Å². The van der Waals surface area contributed by atoms with Crippen LogP contribution in [0.3, 0.4) is 0 Å². The molecule has 1 aromatic carbocycles. The zero-order chi connectivity index (χ0) is 20.7. The Morgan fingerprint density at radius 1 is 1.17 bits per heavy atom. The van der Waals surface area contributed by atoms with Crippen LogP contribution in [-0.2, 0) is 11.2 Å². The van der Waals surface area contributed by atoms with Gasteiger partial charge in [0.05, 0.1) is 0 Å². The fourth-order valence-corrected chi connectivity index (χ4v) is 4.42. The number of nitrogens with zero attached hydrogens (tertiary/aromatic N) is 2. The van der Waals surface area contributed by atoms with Crippen LogP contribution in [0.4, 0.5) is 0 Å². The average molecular weight is 527 g/mol. The Labute approximate surface area is 199 Å². The number of aliphatic imine (C=N–C) groups is 1. The Morgan fingerprint density at radius 2 is 1.80 bits per heavy atom. The van der Waals surface area contributed by atoms with E-state index < -0.39 is 0 Å². The lowest BCUT2D eigenvalue weighted by molar-refractivity contribution is -0.136. The van der Waals surface area contributed by atoms with Crippen molar-refractivity contribution >= 4 is 35.8 Å². The second kappa shape index (κ2) is 11.9. The molecule has 0 bridgehead atoms. The van der Waals surface area contributed by atoms with Crippen molar-refractivity contribution in [3.8, 4) is 0 Å². The number of rotatable bonds is 8. The molecule has 3 rings (SSSR count). The van der Waals surface area contributed by atoms with Gasteiger partial charge in [-0.25, -0.2) is 0 Å². The number of carbonyl (C=O) groups excluding carboxylic acids is 1. The van der Waals surface area contributed by atoms with E-state index in [9.17, 15) is 4.79 Å². The van der Waals surface area contributed by atoms with Crippen LogP contribution in [0, 0.1) is 11.3 Å². The standard InChI is InChI=1S/C24H38N4O.HI/c1-4-20(5-2)22(29)28-15-11-21(12-16-28)27-23(25-3)26-18-24(13-14-24)17-19-9-7-6-8-10-19;/h6-10,20-21H,4-5,11-18H2,1-3H3,(H2,25,26,27);1H. The van der Waals surface area contributed by atoms with E-state index in [-0.39, 0.29) is 29.9 Å². The predicted molar refractivity (Wildman–Crippen MR) is 135 cm³/mol. The third-order valence-electron chi connectivity index (χ3n) is 6.72. The van der Waals surface area contributed by atoms with Crippen LogP contribution in [0.5, 0.6) is 0 Å². The van der Waals surface area contributed by atoms with Gasteiger partial charge in [-0.2, -0.15) is 0 Å². The Morgan fingerprint density at radius 3 is 2.33 bits per heavy atom. The lowest BCUT2D eigenvalue weighted by atomic mass is 9.96.